The van der Waals surface area contributed by atoms with Crippen LogP contribution < -0.4 is 15.8 Å². The number of rotatable bonds is 3. The predicted octanol–water partition coefficient (Wildman–Crippen LogP) is 2.69. The molecule has 7 heteroatoms. The fourth-order valence-corrected chi connectivity index (χ4v) is 2.51. The number of hydrogen-bond acceptors (Lipinski definition) is 2. The zero-order valence-corrected chi connectivity index (χ0v) is 13.7. The minimum absolute atomic E-state index is 0. The number of fused-ring (bicyclic) bond motifs is 1. The second kappa shape index (κ2) is 6.76. The first kappa shape index (κ1) is 16.3. The third kappa shape index (κ3) is 3.75. The zero-order chi connectivity index (χ0) is 14.1. The Balaban J connectivity index is 0.00000161. The van der Waals surface area contributed by atoms with E-state index < -0.39 is 12.3 Å². The van der Waals surface area contributed by atoms with E-state index in [4.69, 9.17) is 10.5 Å². The van der Waals surface area contributed by atoms with Crippen molar-refractivity contribution in [3.8, 4) is 5.75 Å². The lowest BCUT2D eigenvalue weighted by atomic mass is 10.0. The van der Waals surface area contributed by atoms with Gasteiger partial charge in [0.2, 0.25) is 6.43 Å². The highest BCUT2D eigenvalue weighted by atomic mass is 127. The lowest BCUT2D eigenvalue weighted by molar-refractivity contribution is 0.119. The van der Waals surface area contributed by atoms with Crippen LogP contribution in [0.3, 0.4) is 0 Å². The summed E-state index contributed by atoms with van der Waals surface area (Å²) in [7, 11) is 0. The van der Waals surface area contributed by atoms with E-state index in [0.717, 1.165) is 17.7 Å². The molecule has 4 nitrogen and oxygen atoms in total. The number of nitrogens with two attached hydrogens (primary N) is 1. The average Bonchev–Trinajstić information content (AvgIpc) is 3.18. The van der Waals surface area contributed by atoms with Crippen molar-refractivity contribution in [1.29, 1.82) is 0 Å². The van der Waals surface area contributed by atoms with Crippen LogP contribution in [-0.2, 0) is 0 Å². The van der Waals surface area contributed by atoms with Gasteiger partial charge in [0.05, 0.1) is 12.6 Å². The van der Waals surface area contributed by atoms with E-state index in [1.807, 2.05) is 24.3 Å². The van der Waals surface area contributed by atoms with Crippen molar-refractivity contribution in [1.82, 2.24) is 5.32 Å². The monoisotopic (exact) mass is 409 g/mol. The van der Waals surface area contributed by atoms with Crippen LogP contribution in [0, 0.1) is 5.92 Å². The van der Waals surface area contributed by atoms with Gasteiger partial charge in [0.1, 0.15) is 5.75 Å². The summed E-state index contributed by atoms with van der Waals surface area (Å²) in [4.78, 5) is 4.41. The van der Waals surface area contributed by atoms with Gasteiger partial charge in [0.25, 0.3) is 0 Å². The maximum atomic E-state index is 12.4. The van der Waals surface area contributed by atoms with E-state index >= 15 is 0 Å². The molecule has 21 heavy (non-hydrogen) atoms. The maximum Gasteiger partial charge on any atom is 0.243 e. The van der Waals surface area contributed by atoms with Gasteiger partial charge in [-0.15, -0.1) is 24.0 Å². The van der Waals surface area contributed by atoms with Crippen LogP contribution in [0.25, 0.3) is 0 Å². The molecule has 0 spiro atoms. The SMILES string of the molecule is I.NC(=NC1CCOc2ccccc21)N[C@H]1C[C@@H]1C(F)F. The molecular weight excluding hydrogens is 391 g/mol. The molecule has 3 atom stereocenters. The molecule has 3 rings (SSSR count). The fourth-order valence-electron chi connectivity index (χ4n) is 2.51. The predicted molar refractivity (Wildman–Crippen MR) is 87.4 cm³/mol. The van der Waals surface area contributed by atoms with Crippen molar-refractivity contribution >= 4 is 29.9 Å². The molecule has 0 bridgehead atoms. The topological polar surface area (TPSA) is 59.6 Å². The highest BCUT2D eigenvalue weighted by Crippen LogP contribution is 2.36. The lowest BCUT2D eigenvalue weighted by Gasteiger charge is -2.23. The van der Waals surface area contributed by atoms with Crippen LogP contribution in [-0.4, -0.2) is 25.0 Å². The van der Waals surface area contributed by atoms with Gasteiger partial charge in [-0.2, -0.15) is 0 Å². The van der Waals surface area contributed by atoms with Crippen LogP contribution in [0.1, 0.15) is 24.4 Å². The summed E-state index contributed by atoms with van der Waals surface area (Å²) < 4.78 is 30.4. The van der Waals surface area contributed by atoms with Crippen molar-refractivity contribution in [3.63, 3.8) is 0 Å². The van der Waals surface area contributed by atoms with Gasteiger partial charge in [0, 0.05) is 23.9 Å². The summed E-state index contributed by atoms with van der Waals surface area (Å²) in [6.45, 7) is 0.585. The summed E-state index contributed by atoms with van der Waals surface area (Å²) >= 11 is 0. The van der Waals surface area contributed by atoms with Crippen molar-refractivity contribution in [2.45, 2.75) is 31.4 Å². The Morgan fingerprint density at radius 3 is 2.86 bits per heavy atom. The second-order valence-corrected chi connectivity index (χ2v) is 5.19. The van der Waals surface area contributed by atoms with Crippen LogP contribution in [0.15, 0.2) is 29.3 Å². The molecule has 1 aliphatic heterocycles. The number of para-hydroxylation sites is 1. The second-order valence-electron chi connectivity index (χ2n) is 5.19. The number of aliphatic imine (C=N–C) groups is 1. The van der Waals surface area contributed by atoms with Crippen LogP contribution in [0.2, 0.25) is 0 Å². The maximum absolute atomic E-state index is 12.4. The molecule has 0 saturated heterocycles. The standard InChI is InChI=1S/C14H17F2N3O.HI/c15-13(16)9-7-11(9)19-14(17)18-10-5-6-20-12-4-2-1-3-8(10)12;/h1-4,9-11,13H,5-7H2,(H3,17,18,19);1H/t9-,10?,11-;/m0./s1. The Labute approximate surface area is 139 Å². The van der Waals surface area contributed by atoms with E-state index in [2.05, 4.69) is 10.3 Å². The number of ether oxygens (including phenoxy) is 1. The summed E-state index contributed by atoms with van der Waals surface area (Å²) in [6, 6.07) is 7.37. The Hall–Kier alpha value is -1.12. The Bertz CT molecular complexity index is 527. The normalized spacial score (nSPS) is 27.4. The quantitative estimate of drug-likeness (QED) is 0.459. The van der Waals surface area contributed by atoms with Crippen LogP contribution in [0.4, 0.5) is 8.78 Å². The molecule has 2 aliphatic rings. The smallest absolute Gasteiger partial charge is 0.243 e. The first-order chi connectivity index (χ1) is 9.65. The largest absolute Gasteiger partial charge is 0.493 e. The zero-order valence-electron chi connectivity index (χ0n) is 11.3. The number of nitrogens with one attached hydrogen (secondary N) is 1. The van der Waals surface area contributed by atoms with E-state index in [1.165, 1.54) is 0 Å². The molecule has 0 amide bonds. The molecule has 1 aromatic carbocycles. The number of guanidine groups is 1. The summed E-state index contributed by atoms with van der Waals surface area (Å²) in [5.74, 6) is 0.461. The molecule has 1 aromatic rings. The Morgan fingerprint density at radius 1 is 1.38 bits per heavy atom. The third-order valence-electron chi connectivity index (χ3n) is 3.72. The van der Waals surface area contributed by atoms with Gasteiger partial charge in [-0.05, 0) is 12.5 Å². The molecule has 1 saturated carbocycles. The molecule has 116 valence electrons. The fraction of sp³-hybridized carbons (Fsp3) is 0.500. The van der Waals surface area contributed by atoms with Gasteiger partial charge < -0.3 is 15.8 Å². The Kier molecular flexibility index (Phi) is 5.23. The highest BCUT2D eigenvalue weighted by molar-refractivity contribution is 14.0. The number of benzene rings is 1. The van der Waals surface area contributed by atoms with Gasteiger partial charge >= 0.3 is 0 Å². The van der Waals surface area contributed by atoms with Crippen molar-refractivity contribution in [2.24, 2.45) is 16.6 Å². The van der Waals surface area contributed by atoms with E-state index in [1.54, 1.807) is 0 Å². The number of hydrogen-bond donors (Lipinski definition) is 2. The molecule has 0 aromatic heterocycles. The number of nitrogens with zero attached hydrogens (tertiary/aromatic N) is 1. The van der Waals surface area contributed by atoms with Gasteiger partial charge in [-0.3, -0.25) is 0 Å². The Morgan fingerprint density at radius 2 is 2.14 bits per heavy atom. The third-order valence-corrected chi connectivity index (χ3v) is 3.72. The van der Waals surface area contributed by atoms with Crippen molar-refractivity contribution in [3.05, 3.63) is 29.8 Å². The first-order valence-corrected chi connectivity index (χ1v) is 6.75. The summed E-state index contributed by atoms with van der Waals surface area (Å²) in [5.41, 5.74) is 6.81. The average molecular weight is 409 g/mol. The van der Waals surface area contributed by atoms with E-state index in [0.29, 0.717) is 13.0 Å². The van der Waals surface area contributed by atoms with E-state index in [-0.39, 0.29) is 42.0 Å². The number of alkyl halides is 2. The summed E-state index contributed by atoms with van der Waals surface area (Å²) in [6.07, 6.45) is -1.09. The lowest BCUT2D eigenvalue weighted by Crippen LogP contribution is -2.35. The minimum Gasteiger partial charge on any atom is -0.493 e. The van der Waals surface area contributed by atoms with E-state index in [9.17, 15) is 8.78 Å². The van der Waals surface area contributed by atoms with Crippen LogP contribution in [0.5, 0.6) is 5.75 Å². The molecule has 3 N–H and O–H groups in total. The summed E-state index contributed by atoms with van der Waals surface area (Å²) in [5, 5.41) is 2.87. The van der Waals surface area contributed by atoms with Gasteiger partial charge in [0.15, 0.2) is 5.96 Å². The van der Waals surface area contributed by atoms with Crippen LogP contribution >= 0.6 is 24.0 Å². The molecule has 1 fully saturated rings. The highest BCUT2D eigenvalue weighted by Gasteiger charge is 2.44. The molecule has 1 heterocycles. The van der Waals surface area contributed by atoms with Gasteiger partial charge in [-0.1, -0.05) is 18.2 Å². The molecule has 1 unspecified atom stereocenters. The van der Waals surface area contributed by atoms with Crippen molar-refractivity contribution in [2.75, 3.05) is 6.61 Å². The van der Waals surface area contributed by atoms with Crippen molar-refractivity contribution < 1.29 is 13.5 Å². The number of halogens is 3. The minimum atomic E-state index is -2.29. The molecular formula is C14H18F2IN3O. The van der Waals surface area contributed by atoms with Gasteiger partial charge in [-0.25, -0.2) is 13.8 Å². The molecule has 0 radical (unpaired) electrons. The molecule has 1 aliphatic carbocycles. The first-order valence-electron chi connectivity index (χ1n) is 6.75.